The van der Waals surface area contributed by atoms with E-state index in [1.807, 2.05) is 25.1 Å². The second-order valence-corrected chi connectivity index (χ2v) is 5.63. The molecule has 4 nitrogen and oxygen atoms in total. The van der Waals surface area contributed by atoms with Crippen molar-refractivity contribution >= 4 is 11.6 Å². The average Bonchev–Trinajstić information content (AvgIpc) is 3.04. The number of aryl methyl sites for hydroxylation is 1. The Bertz CT molecular complexity index is 683. The summed E-state index contributed by atoms with van der Waals surface area (Å²) in [5, 5.41) is 3.07. The summed E-state index contributed by atoms with van der Waals surface area (Å²) in [5.74, 6) is 0.439. The fourth-order valence-electron chi connectivity index (χ4n) is 2.97. The molecule has 114 valence electrons. The van der Waals surface area contributed by atoms with Crippen LogP contribution < -0.4 is 10.1 Å². The molecule has 0 aliphatic heterocycles. The molecule has 0 spiro atoms. The van der Waals surface area contributed by atoms with Crippen LogP contribution in [0.1, 0.15) is 36.0 Å². The SMILES string of the molecule is COc1ccc2c(c1NC(=O)C(C)c1cccnc1)CCC2. The lowest BCUT2D eigenvalue weighted by atomic mass is 10.0. The lowest BCUT2D eigenvalue weighted by molar-refractivity contribution is -0.117. The van der Waals surface area contributed by atoms with Crippen LogP contribution in [0.2, 0.25) is 0 Å². The average molecular weight is 296 g/mol. The number of fused-ring (bicyclic) bond motifs is 1. The molecule has 1 atom stereocenters. The highest BCUT2D eigenvalue weighted by atomic mass is 16.5. The van der Waals surface area contributed by atoms with Crippen molar-refractivity contribution in [2.75, 3.05) is 12.4 Å². The van der Waals surface area contributed by atoms with Gasteiger partial charge in [0, 0.05) is 12.4 Å². The van der Waals surface area contributed by atoms with E-state index in [-0.39, 0.29) is 11.8 Å². The molecular weight excluding hydrogens is 276 g/mol. The number of carbonyl (C=O) groups excluding carboxylic acids is 1. The van der Waals surface area contributed by atoms with Crippen molar-refractivity contribution in [3.05, 3.63) is 53.3 Å². The summed E-state index contributed by atoms with van der Waals surface area (Å²) in [4.78, 5) is 16.7. The first-order valence-corrected chi connectivity index (χ1v) is 7.60. The van der Waals surface area contributed by atoms with Crippen LogP contribution in [0.4, 0.5) is 5.69 Å². The number of nitrogens with one attached hydrogen (secondary N) is 1. The molecular formula is C18H20N2O2. The van der Waals surface area contributed by atoms with Gasteiger partial charge in [-0.15, -0.1) is 0 Å². The van der Waals surface area contributed by atoms with E-state index < -0.39 is 0 Å². The Morgan fingerprint density at radius 1 is 1.32 bits per heavy atom. The van der Waals surface area contributed by atoms with Crippen molar-refractivity contribution in [3.63, 3.8) is 0 Å². The normalized spacial score (nSPS) is 14.3. The fourth-order valence-corrected chi connectivity index (χ4v) is 2.97. The summed E-state index contributed by atoms with van der Waals surface area (Å²) < 4.78 is 5.43. The van der Waals surface area contributed by atoms with Gasteiger partial charge < -0.3 is 10.1 Å². The predicted octanol–water partition coefficient (Wildman–Crippen LogP) is 3.32. The Morgan fingerprint density at radius 2 is 2.18 bits per heavy atom. The molecule has 1 aliphatic carbocycles. The number of carbonyl (C=O) groups is 1. The smallest absolute Gasteiger partial charge is 0.231 e. The van der Waals surface area contributed by atoms with E-state index in [0.29, 0.717) is 0 Å². The van der Waals surface area contributed by atoms with E-state index in [0.717, 1.165) is 36.3 Å². The Hall–Kier alpha value is -2.36. The van der Waals surface area contributed by atoms with Crippen LogP contribution in [-0.4, -0.2) is 18.0 Å². The van der Waals surface area contributed by atoms with Gasteiger partial charge in [-0.05, 0) is 55.0 Å². The Balaban J connectivity index is 1.87. The van der Waals surface area contributed by atoms with Crippen molar-refractivity contribution in [3.8, 4) is 5.75 Å². The first kappa shape index (κ1) is 14.6. The number of nitrogens with zero attached hydrogens (tertiary/aromatic N) is 1. The predicted molar refractivity (Wildman–Crippen MR) is 86.3 cm³/mol. The van der Waals surface area contributed by atoms with Crippen molar-refractivity contribution in [1.29, 1.82) is 0 Å². The summed E-state index contributed by atoms with van der Waals surface area (Å²) >= 11 is 0. The number of pyridine rings is 1. The van der Waals surface area contributed by atoms with Gasteiger partial charge in [-0.25, -0.2) is 0 Å². The highest BCUT2D eigenvalue weighted by Gasteiger charge is 2.22. The summed E-state index contributed by atoms with van der Waals surface area (Å²) in [7, 11) is 1.64. The molecule has 1 aliphatic rings. The maximum Gasteiger partial charge on any atom is 0.231 e. The van der Waals surface area contributed by atoms with Gasteiger partial charge in [-0.3, -0.25) is 9.78 Å². The molecule has 1 N–H and O–H groups in total. The number of methoxy groups -OCH3 is 1. The Kier molecular flexibility index (Phi) is 4.09. The summed E-state index contributed by atoms with van der Waals surface area (Å²) in [5.41, 5.74) is 4.26. The minimum atomic E-state index is -0.254. The lowest BCUT2D eigenvalue weighted by Crippen LogP contribution is -2.20. The molecule has 22 heavy (non-hydrogen) atoms. The molecule has 0 saturated heterocycles. The quantitative estimate of drug-likeness (QED) is 0.941. The van der Waals surface area contributed by atoms with Crippen LogP contribution in [0, 0.1) is 0 Å². The zero-order chi connectivity index (χ0) is 15.5. The molecule has 1 unspecified atom stereocenters. The number of amides is 1. The van der Waals surface area contributed by atoms with E-state index in [2.05, 4.69) is 16.4 Å². The second kappa shape index (κ2) is 6.18. The van der Waals surface area contributed by atoms with Crippen LogP contribution in [0.25, 0.3) is 0 Å². The summed E-state index contributed by atoms with van der Waals surface area (Å²) in [6.45, 7) is 1.89. The monoisotopic (exact) mass is 296 g/mol. The van der Waals surface area contributed by atoms with Crippen LogP contribution in [0.3, 0.4) is 0 Å². The van der Waals surface area contributed by atoms with E-state index in [9.17, 15) is 4.79 Å². The zero-order valence-corrected chi connectivity index (χ0v) is 12.9. The summed E-state index contributed by atoms with van der Waals surface area (Å²) in [6, 6.07) is 7.81. The highest BCUT2D eigenvalue weighted by Crippen LogP contribution is 2.36. The molecule has 1 aromatic carbocycles. The number of ether oxygens (including phenoxy) is 1. The standard InChI is InChI=1S/C18H20N2O2/c1-12(14-6-4-10-19-11-14)18(21)20-17-15-7-3-5-13(15)8-9-16(17)22-2/h4,6,8-12H,3,5,7H2,1-2H3,(H,20,21). The van der Waals surface area contributed by atoms with Crippen molar-refractivity contribution in [2.45, 2.75) is 32.1 Å². The largest absolute Gasteiger partial charge is 0.495 e. The van der Waals surface area contributed by atoms with Gasteiger partial charge in [0.05, 0.1) is 18.7 Å². The third-order valence-corrected chi connectivity index (χ3v) is 4.29. The van der Waals surface area contributed by atoms with Gasteiger partial charge in [0.15, 0.2) is 0 Å². The number of hydrogen-bond acceptors (Lipinski definition) is 3. The Labute approximate surface area is 130 Å². The maximum atomic E-state index is 12.6. The fraction of sp³-hybridized carbons (Fsp3) is 0.333. The van der Waals surface area contributed by atoms with Gasteiger partial charge in [-0.2, -0.15) is 0 Å². The van der Waals surface area contributed by atoms with Gasteiger partial charge in [0.1, 0.15) is 5.75 Å². The van der Waals surface area contributed by atoms with E-state index in [1.165, 1.54) is 11.1 Å². The minimum absolute atomic E-state index is 0.0356. The first-order chi connectivity index (χ1) is 10.7. The van der Waals surface area contributed by atoms with Crippen LogP contribution in [0.5, 0.6) is 5.75 Å². The maximum absolute atomic E-state index is 12.6. The topological polar surface area (TPSA) is 51.2 Å². The molecule has 0 saturated carbocycles. The number of anilines is 1. The van der Waals surface area contributed by atoms with Crippen LogP contribution in [-0.2, 0) is 17.6 Å². The molecule has 3 rings (SSSR count). The summed E-state index contributed by atoms with van der Waals surface area (Å²) in [6.07, 6.45) is 6.63. The van der Waals surface area contributed by atoms with E-state index in [4.69, 9.17) is 4.74 Å². The molecule has 2 aromatic rings. The Morgan fingerprint density at radius 3 is 2.91 bits per heavy atom. The van der Waals surface area contributed by atoms with Crippen molar-refractivity contribution in [2.24, 2.45) is 0 Å². The zero-order valence-electron chi connectivity index (χ0n) is 12.9. The number of aromatic nitrogens is 1. The van der Waals surface area contributed by atoms with Crippen LogP contribution >= 0.6 is 0 Å². The molecule has 0 fully saturated rings. The van der Waals surface area contributed by atoms with Gasteiger partial charge in [-0.1, -0.05) is 12.1 Å². The lowest BCUT2D eigenvalue weighted by Gasteiger charge is -2.17. The van der Waals surface area contributed by atoms with Gasteiger partial charge >= 0.3 is 0 Å². The van der Waals surface area contributed by atoms with Crippen molar-refractivity contribution < 1.29 is 9.53 Å². The van der Waals surface area contributed by atoms with Gasteiger partial charge in [0.25, 0.3) is 0 Å². The highest BCUT2D eigenvalue weighted by molar-refractivity contribution is 5.97. The molecule has 0 radical (unpaired) electrons. The molecule has 0 bridgehead atoms. The van der Waals surface area contributed by atoms with E-state index in [1.54, 1.807) is 19.5 Å². The van der Waals surface area contributed by atoms with Gasteiger partial charge in [0.2, 0.25) is 5.91 Å². The third kappa shape index (κ3) is 2.69. The number of hydrogen-bond donors (Lipinski definition) is 1. The first-order valence-electron chi connectivity index (χ1n) is 7.60. The number of benzene rings is 1. The number of rotatable bonds is 4. The molecule has 1 heterocycles. The molecule has 1 aromatic heterocycles. The molecule has 1 amide bonds. The molecule has 4 heteroatoms. The van der Waals surface area contributed by atoms with Crippen LogP contribution in [0.15, 0.2) is 36.7 Å². The van der Waals surface area contributed by atoms with Crippen molar-refractivity contribution in [1.82, 2.24) is 4.98 Å². The minimum Gasteiger partial charge on any atom is -0.495 e. The van der Waals surface area contributed by atoms with E-state index >= 15 is 0 Å². The second-order valence-electron chi connectivity index (χ2n) is 5.63. The third-order valence-electron chi connectivity index (χ3n) is 4.29.